The van der Waals surface area contributed by atoms with Gasteiger partial charge >= 0.3 is 0 Å². The molecule has 0 aliphatic carbocycles. The minimum absolute atomic E-state index is 0.108. The van der Waals surface area contributed by atoms with Gasteiger partial charge in [0.15, 0.2) is 0 Å². The van der Waals surface area contributed by atoms with Crippen molar-refractivity contribution >= 4 is 15.9 Å². The molecule has 1 aromatic rings. The minimum Gasteiger partial charge on any atom is -0.336 e. The number of likely N-dealkylation sites (tertiary alicyclic amines) is 1. The first-order valence-electron chi connectivity index (χ1n) is 8.60. The Kier molecular flexibility index (Phi) is 4.92. The van der Waals surface area contributed by atoms with Gasteiger partial charge in [0, 0.05) is 37.7 Å². The van der Waals surface area contributed by atoms with Crippen LogP contribution in [0.15, 0.2) is 24.4 Å². The highest BCUT2D eigenvalue weighted by Gasteiger charge is 2.43. The Labute approximate surface area is 143 Å². The van der Waals surface area contributed by atoms with Crippen molar-refractivity contribution < 1.29 is 13.2 Å². The van der Waals surface area contributed by atoms with E-state index in [1.807, 2.05) is 23.1 Å². The predicted octanol–water partition coefficient (Wildman–Crippen LogP) is 1.64. The highest BCUT2D eigenvalue weighted by molar-refractivity contribution is 7.89. The van der Waals surface area contributed by atoms with Crippen LogP contribution in [0.4, 0.5) is 0 Å². The molecule has 2 fully saturated rings. The van der Waals surface area contributed by atoms with Gasteiger partial charge in [0.1, 0.15) is 0 Å². The van der Waals surface area contributed by atoms with Gasteiger partial charge in [-0.1, -0.05) is 6.07 Å². The zero-order chi connectivity index (χ0) is 17.2. The zero-order valence-corrected chi connectivity index (χ0v) is 15.0. The summed E-state index contributed by atoms with van der Waals surface area (Å²) in [6.07, 6.45) is 4.85. The summed E-state index contributed by atoms with van der Waals surface area (Å²) in [6, 6.07) is 5.70. The summed E-state index contributed by atoms with van der Waals surface area (Å²) < 4.78 is 26.1. The van der Waals surface area contributed by atoms with E-state index in [0.29, 0.717) is 32.6 Å². The Morgan fingerprint density at radius 1 is 1.25 bits per heavy atom. The molecule has 0 N–H and O–H groups in total. The number of aromatic nitrogens is 1. The molecule has 2 saturated heterocycles. The second-order valence-corrected chi connectivity index (χ2v) is 9.17. The van der Waals surface area contributed by atoms with Gasteiger partial charge in [-0.05, 0) is 38.3 Å². The molecule has 0 bridgehead atoms. The Balaban J connectivity index is 1.75. The third-order valence-corrected chi connectivity index (χ3v) is 7.04. The second kappa shape index (κ2) is 6.80. The molecule has 1 aromatic heterocycles. The van der Waals surface area contributed by atoms with E-state index in [9.17, 15) is 13.2 Å². The zero-order valence-electron chi connectivity index (χ0n) is 14.1. The molecule has 132 valence electrons. The minimum atomic E-state index is -3.17. The molecule has 0 radical (unpaired) electrons. The summed E-state index contributed by atoms with van der Waals surface area (Å²) in [5.41, 5.74) is 0.764. The van der Waals surface area contributed by atoms with Gasteiger partial charge in [-0.3, -0.25) is 9.78 Å². The van der Waals surface area contributed by atoms with E-state index < -0.39 is 10.0 Å². The molecule has 2 aliphatic rings. The van der Waals surface area contributed by atoms with Crippen LogP contribution in [0.5, 0.6) is 0 Å². The van der Waals surface area contributed by atoms with Crippen molar-refractivity contribution in [2.24, 2.45) is 5.41 Å². The number of nitrogens with zero attached hydrogens (tertiary/aromatic N) is 3. The van der Waals surface area contributed by atoms with Crippen molar-refractivity contribution in [2.45, 2.75) is 39.2 Å². The van der Waals surface area contributed by atoms with E-state index in [-0.39, 0.29) is 17.1 Å². The molecular weight excluding hydrogens is 326 g/mol. The first-order chi connectivity index (χ1) is 11.4. The molecule has 24 heavy (non-hydrogen) atoms. The van der Waals surface area contributed by atoms with Crippen molar-refractivity contribution in [3.63, 3.8) is 0 Å². The Hall–Kier alpha value is -1.47. The largest absolute Gasteiger partial charge is 0.336 e. The fourth-order valence-corrected chi connectivity index (χ4v) is 5.09. The van der Waals surface area contributed by atoms with Crippen molar-refractivity contribution in [1.82, 2.24) is 14.2 Å². The van der Waals surface area contributed by atoms with Crippen LogP contribution in [-0.4, -0.2) is 53.9 Å². The fourth-order valence-electron chi connectivity index (χ4n) is 3.85. The summed E-state index contributed by atoms with van der Waals surface area (Å²) >= 11 is 0. The van der Waals surface area contributed by atoms with E-state index in [0.717, 1.165) is 25.0 Å². The van der Waals surface area contributed by atoms with Crippen LogP contribution >= 0.6 is 0 Å². The van der Waals surface area contributed by atoms with Gasteiger partial charge in [-0.25, -0.2) is 12.7 Å². The summed E-state index contributed by atoms with van der Waals surface area (Å²) in [7, 11) is -3.17. The Bertz CT molecular complexity index is 692. The number of amides is 1. The summed E-state index contributed by atoms with van der Waals surface area (Å²) in [5.74, 6) is 0.279. The first-order valence-corrected chi connectivity index (χ1v) is 10.2. The maximum atomic E-state index is 12.3. The lowest BCUT2D eigenvalue weighted by molar-refractivity contribution is -0.139. The molecule has 0 saturated carbocycles. The Morgan fingerprint density at radius 2 is 2.08 bits per heavy atom. The van der Waals surface area contributed by atoms with Crippen LogP contribution in [0.3, 0.4) is 0 Å². The molecule has 3 heterocycles. The number of carbonyl (C=O) groups is 1. The number of sulfonamides is 1. The topological polar surface area (TPSA) is 70.6 Å². The summed E-state index contributed by atoms with van der Waals surface area (Å²) in [4.78, 5) is 18.5. The third kappa shape index (κ3) is 3.62. The number of hydrogen-bond acceptors (Lipinski definition) is 4. The van der Waals surface area contributed by atoms with E-state index in [2.05, 4.69) is 4.98 Å². The molecule has 0 aromatic carbocycles. The lowest BCUT2D eigenvalue weighted by Gasteiger charge is -2.47. The summed E-state index contributed by atoms with van der Waals surface area (Å²) in [5, 5.41) is 0. The molecule has 2 aliphatic heterocycles. The first kappa shape index (κ1) is 17.4. The molecule has 1 spiro atoms. The van der Waals surface area contributed by atoms with E-state index in [1.54, 1.807) is 17.4 Å². The third-order valence-electron chi connectivity index (χ3n) is 5.21. The standard InChI is InChI=1S/C17H25N3O3S/c1-2-24(22,23)20-11-5-8-17(14-20)9-7-16(21)19(13-17)12-15-6-3-4-10-18-15/h3-4,6,10H,2,5,7-9,11-14H2,1H3/t17-/m1/s1. The van der Waals surface area contributed by atoms with Crippen LogP contribution < -0.4 is 0 Å². The molecule has 3 rings (SSSR count). The maximum absolute atomic E-state index is 12.3. The van der Waals surface area contributed by atoms with Crippen LogP contribution in [0, 0.1) is 5.41 Å². The van der Waals surface area contributed by atoms with Crippen LogP contribution in [0.2, 0.25) is 0 Å². The van der Waals surface area contributed by atoms with Gasteiger partial charge in [-0.2, -0.15) is 0 Å². The SMILES string of the molecule is CCS(=O)(=O)N1CCC[C@]2(CCC(=O)N(Cc3ccccn3)C2)C1. The lowest BCUT2D eigenvalue weighted by Crippen LogP contribution is -2.55. The number of carbonyl (C=O) groups excluding carboxylic acids is 1. The average molecular weight is 351 g/mol. The van der Waals surface area contributed by atoms with E-state index in [1.165, 1.54) is 0 Å². The quantitative estimate of drug-likeness (QED) is 0.827. The number of pyridine rings is 1. The van der Waals surface area contributed by atoms with Crippen LogP contribution in [0.1, 0.15) is 38.3 Å². The molecule has 0 unspecified atom stereocenters. The van der Waals surface area contributed by atoms with Gasteiger partial charge in [-0.15, -0.1) is 0 Å². The van der Waals surface area contributed by atoms with Crippen molar-refractivity contribution in [3.05, 3.63) is 30.1 Å². The van der Waals surface area contributed by atoms with Crippen molar-refractivity contribution in [2.75, 3.05) is 25.4 Å². The molecular formula is C17H25N3O3S. The Morgan fingerprint density at radius 3 is 2.79 bits per heavy atom. The average Bonchev–Trinajstić information content (AvgIpc) is 2.59. The van der Waals surface area contributed by atoms with Gasteiger partial charge < -0.3 is 4.90 Å². The van der Waals surface area contributed by atoms with Crippen molar-refractivity contribution in [3.8, 4) is 0 Å². The van der Waals surface area contributed by atoms with Crippen molar-refractivity contribution in [1.29, 1.82) is 0 Å². The predicted molar refractivity (Wildman–Crippen MR) is 91.6 cm³/mol. The molecule has 6 nitrogen and oxygen atoms in total. The highest BCUT2D eigenvalue weighted by Crippen LogP contribution is 2.40. The lowest BCUT2D eigenvalue weighted by atomic mass is 9.74. The maximum Gasteiger partial charge on any atom is 0.222 e. The smallest absolute Gasteiger partial charge is 0.222 e. The number of hydrogen-bond donors (Lipinski definition) is 0. The van der Waals surface area contributed by atoms with E-state index in [4.69, 9.17) is 0 Å². The second-order valence-electron chi connectivity index (χ2n) is 6.91. The fraction of sp³-hybridized carbons (Fsp3) is 0.647. The van der Waals surface area contributed by atoms with E-state index >= 15 is 0 Å². The molecule has 1 amide bonds. The summed E-state index contributed by atoms with van der Waals surface area (Å²) in [6.45, 7) is 3.95. The van der Waals surface area contributed by atoms with Crippen LogP contribution in [-0.2, 0) is 21.4 Å². The molecule has 7 heteroatoms. The number of rotatable bonds is 4. The highest BCUT2D eigenvalue weighted by atomic mass is 32.2. The van der Waals surface area contributed by atoms with Gasteiger partial charge in [0.2, 0.25) is 15.9 Å². The molecule has 1 atom stereocenters. The van der Waals surface area contributed by atoms with Crippen LogP contribution in [0.25, 0.3) is 0 Å². The monoisotopic (exact) mass is 351 g/mol. The van der Waals surface area contributed by atoms with Gasteiger partial charge in [0.05, 0.1) is 18.0 Å². The van der Waals surface area contributed by atoms with Gasteiger partial charge in [0.25, 0.3) is 0 Å². The normalized spacial score (nSPS) is 26.0. The number of piperidine rings is 2.